The molecule has 6 heteroatoms. The van der Waals surface area contributed by atoms with Gasteiger partial charge in [-0.05, 0) is 13.0 Å². The highest BCUT2D eigenvalue weighted by atomic mass is 19.3. The van der Waals surface area contributed by atoms with Gasteiger partial charge in [0.05, 0.1) is 18.6 Å². The highest BCUT2D eigenvalue weighted by Gasteiger charge is 2.34. The largest absolute Gasteiger partial charge is 0.466 e. The fourth-order valence-corrected chi connectivity index (χ4v) is 1.54. The monoisotopic (exact) mass is 258 g/mol. The molecule has 0 saturated carbocycles. The molecule has 0 unspecified atom stereocenters. The Morgan fingerprint density at radius 1 is 1.44 bits per heavy atom. The number of ether oxygens (including phenoxy) is 1. The minimum absolute atomic E-state index is 0.142. The summed E-state index contributed by atoms with van der Waals surface area (Å²) in [5.41, 5.74) is -0.116. The van der Waals surface area contributed by atoms with Crippen LogP contribution in [0, 0.1) is 5.82 Å². The minimum Gasteiger partial charge on any atom is -0.466 e. The van der Waals surface area contributed by atoms with Crippen molar-refractivity contribution in [2.75, 3.05) is 6.61 Å². The van der Waals surface area contributed by atoms with Crippen LogP contribution in [0.4, 0.5) is 13.2 Å². The summed E-state index contributed by atoms with van der Waals surface area (Å²) in [6.07, 6.45) is -1.19. The lowest BCUT2D eigenvalue weighted by Gasteiger charge is -2.17. The first-order chi connectivity index (χ1) is 8.36. The molecule has 0 heterocycles. The van der Waals surface area contributed by atoms with Gasteiger partial charge < -0.3 is 4.74 Å². The van der Waals surface area contributed by atoms with Crippen molar-refractivity contribution in [3.05, 3.63) is 29.6 Å². The summed E-state index contributed by atoms with van der Waals surface area (Å²) in [5.74, 6) is -5.03. The van der Waals surface area contributed by atoms with Crippen molar-refractivity contribution in [3.8, 4) is 0 Å². The predicted octanol–water partition coefficient (Wildman–Crippen LogP) is 1.52. The summed E-state index contributed by atoms with van der Waals surface area (Å²) in [4.78, 5) is 11.0. The van der Waals surface area contributed by atoms with E-state index in [1.807, 2.05) is 0 Å². The van der Waals surface area contributed by atoms with Crippen molar-refractivity contribution < 1.29 is 22.7 Å². The molecule has 0 N–H and O–H groups in total. The average Bonchev–Trinajstić information content (AvgIpc) is 2.26. The topological polar surface area (TPSA) is 26.3 Å². The van der Waals surface area contributed by atoms with Gasteiger partial charge in [-0.1, -0.05) is 17.6 Å². The lowest BCUT2D eigenvalue weighted by Crippen LogP contribution is -2.19. The van der Waals surface area contributed by atoms with Crippen molar-refractivity contribution in [2.24, 2.45) is 0 Å². The molecule has 0 aliphatic heterocycles. The van der Waals surface area contributed by atoms with Crippen LogP contribution in [-0.4, -0.2) is 20.4 Å². The molecule has 0 saturated heterocycles. The van der Waals surface area contributed by atoms with Gasteiger partial charge in [-0.3, -0.25) is 4.79 Å². The number of halogens is 3. The van der Waals surface area contributed by atoms with Crippen LogP contribution < -0.4 is 5.46 Å². The molecular weight excluding hydrogens is 244 g/mol. The Balaban J connectivity index is 2.76. The number of carbonyl (C=O) groups is 1. The molecule has 0 amide bonds. The van der Waals surface area contributed by atoms with Gasteiger partial charge in [0.25, 0.3) is 5.92 Å². The average molecular weight is 258 g/mol. The van der Waals surface area contributed by atoms with Crippen LogP contribution in [0.5, 0.6) is 0 Å². The summed E-state index contributed by atoms with van der Waals surface area (Å²) in [5, 5.41) is 0. The third kappa shape index (κ3) is 3.79. The first-order valence-electron chi connectivity index (χ1n) is 5.67. The van der Waals surface area contributed by atoms with Gasteiger partial charge in [-0.2, -0.15) is 0 Å². The molecule has 98 valence electrons. The summed E-state index contributed by atoms with van der Waals surface area (Å²) in [7, 11) is 1.61. The van der Waals surface area contributed by atoms with Gasteiger partial charge in [-0.25, -0.2) is 13.2 Å². The summed E-state index contributed by atoms with van der Waals surface area (Å²) in [6.45, 7) is 1.74. The van der Waals surface area contributed by atoms with Gasteiger partial charge in [-0.15, -0.1) is 0 Å². The van der Waals surface area contributed by atoms with Crippen molar-refractivity contribution in [3.63, 3.8) is 0 Å². The van der Waals surface area contributed by atoms with E-state index in [0.717, 1.165) is 12.1 Å². The van der Waals surface area contributed by atoms with E-state index in [2.05, 4.69) is 4.74 Å². The number of hydrogen-bond donors (Lipinski definition) is 0. The number of hydrogen-bond acceptors (Lipinski definition) is 2. The van der Waals surface area contributed by atoms with Crippen LogP contribution in [0.1, 0.15) is 25.3 Å². The van der Waals surface area contributed by atoms with Crippen LogP contribution in [0.3, 0.4) is 0 Å². The molecule has 1 aromatic rings. The predicted molar refractivity (Wildman–Crippen MR) is 64.3 cm³/mol. The Labute approximate surface area is 105 Å². The molecule has 1 rings (SSSR count). The summed E-state index contributed by atoms with van der Waals surface area (Å²) < 4.78 is 45.4. The van der Waals surface area contributed by atoms with E-state index in [-0.39, 0.29) is 6.61 Å². The van der Waals surface area contributed by atoms with Gasteiger partial charge in [0.15, 0.2) is 0 Å². The molecule has 1 aromatic carbocycles. The molecule has 0 bridgehead atoms. The molecule has 0 aliphatic rings. The van der Waals surface area contributed by atoms with Crippen LogP contribution >= 0.6 is 0 Å². The standard InChI is InChI=1S/C12H14BF3O2/c1-2-18-11(17)5-6-12(15,16)9-4-3-8(13)7-10(9)14/h3-4,7H,2,5-6,13H2,1H3. The molecule has 2 nitrogen and oxygen atoms in total. The van der Waals surface area contributed by atoms with Crippen LogP contribution in [0.2, 0.25) is 0 Å². The van der Waals surface area contributed by atoms with Gasteiger partial charge in [0, 0.05) is 6.42 Å². The molecule has 0 radical (unpaired) electrons. The van der Waals surface area contributed by atoms with E-state index in [4.69, 9.17) is 0 Å². The Hall–Kier alpha value is -1.46. The Morgan fingerprint density at radius 3 is 2.67 bits per heavy atom. The minimum atomic E-state index is -3.37. The number of benzene rings is 1. The zero-order valence-electron chi connectivity index (χ0n) is 10.3. The van der Waals surface area contributed by atoms with Gasteiger partial charge in [0.1, 0.15) is 13.7 Å². The van der Waals surface area contributed by atoms with E-state index < -0.39 is 36.1 Å². The normalized spacial score (nSPS) is 11.3. The van der Waals surface area contributed by atoms with E-state index in [9.17, 15) is 18.0 Å². The van der Waals surface area contributed by atoms with E-state index in [0.29, 0.717) is 5.46 Å². The molecule has 18 heavy (non-hydrogen) atoms. The number of carbonyl (C=O) groups excluding carboxylic acids is 1. The smallest absolute Gasteiger partial charge is 0.306 e. The fourth-order valence-electron chi connectivity index (χ4n) is 1.54. The molecule has 0 spiro atoms. The molecular formula is C12H14BF3O2. The fraction of sp³-hybridized carbons (Fsp3) is 0.417. The van der Waals surface area contributed by atoms with Crippen LogP contribution in [0.25, 0.3) is 0 Å². The Kier molecular flexibility index (Phi) is 4.81. The third-order valence-corrected chi connectivity index (χ3v) is 2.47. The second-order valence-electron chi connectivity index (χ2n) is 3.99. The summed E-state index contributed by atoms with van der Waals surface area (Å²) >= 11 is 0. The van der Waals surface area contributed by atoms with Crippen molar-refractivity contribution in [1.82, 2.24) is 0 Å². The Morgan fingerprint density at radius 2 is 2.11 bits per heavy atom. The quantitative estimate of drug-likeness (QED) is 0.591. The Bertz CT molecular complexity index is 435. The van der Waals surface area contributed by atoms with Gasteiger partial charge in [0.2, 0.25) is 0 Å². The maximum atomic E-state index is 13.7. The first kappa shape index (κ1) is 14.6. The first-order valence-corrected chi connectivity index (χ1v) is 5.67. The second-order valence-corrected chi connectivity index (χ2v) is 3.99. The second kappa shape index (κ2) is 5.93. The third-order valence-electron chi connectivity index (χ3n) is 2.47. The van der Waals surface area contributed by atoms with Crippen molar-refractivity contribution >= 4 is 19.3 Å². The van der Waals surface area contributed by atoms with Crippen LogP contribution in [0.15, 0.2) is 18.2 Å². The number of alkyl halides is 2. The number of esters is 1. The van der Waals surface area contributed by atoms with E-state index >= 15 is 0 Å². The highest BCUT2D eigenvalue weighted by molar-refractivity contribution is 6.32. The zero-order chi connectivity index (χ0) is 13.8. The van der Waals surface area contributed by atoms with Crippen LogP contribution in [-0.2, 0) is 15.5 Å². The molecule has 0 fully saturated rings. The van der Waals surface area contributed by atoms with Crippen molar-refractivity contribution in [2.45, 2.75) is 25.7 Å². The van der Waals surface area contributed by atoms with Gasteiger partial charge >= 0.3 is 5.97 Å². The maximum Gasteiger partial charge on any atom is 0.306 e. The summed E-state index contributed by atoms with van der Waals surface area (Å²) in [6, 6.07) is 3.51. The lowest BCUT2D eigenvalue weighted by molar-refractivity contribution is -0.145. The van der Waals surface area contributed by atoms with E-state index in [1.165, 1.54) is 6.07 Å². The number of rotatable bonds is 5. The van der Waals surface area contributed by atoms with E-state index in [1.54, 1.807) is 14.8 Å². The molecule has 0 aromatic heterocycles. The zero-order valence-corrected chi connectivity index (χ0v) is 10.3. The highest BCUT2D eigenvalue weighted by Crippen LogP contribution is 2.34. The molecule has 0 atom stereocenters. The molecule has 0 aliphatic carbocycles. The van der Waals surface area contributed by atoms with Crippen molar-refractivity contribution in [1.29, 1.82) is 0 Å². The lowest BCUT2D eigenvalue weighted by atomic mass is 9.92. The maximum absolute atomic E-state index is 13.7. The SMILES string of the molecule is Bc1ccc(C(F)(F)CCC(=O)OCC)c(F)c1.